The monoisotopic (exact) mass is 332 g/mol. The van der Waals surface area contributed by atoms with E-state index < -0.39 is 11.6 Å². The summed E-state index contributed by atoms with van der Waals surface area (Å²) in [6.07, 6.45) is 7.17. The van der Waals surface area contributed by atoms with Crippen molar-refractivity contribution >= 4 is 17.9 Å². The van der Waals surface area contributed by atoms with Crippen LogP contribution in [0.3, 0.4) is 0 Å². The molecule has 2 rings (SSSR count). The lowest BCUT2D eigenvalue weighted by molar-refractivity contribution is -0.118. The zero-order chi connectivity index (χ0) is 17.7. The van der Waals surface area contributed by atoms with Gasteiger partial charge in [0, 0.05) is 32.7 Å². The van der Waals surface area contributed by atoms with Crippen molar-refractivity contribution in [1.29, 1.82) is 0 Å². The van der Waals surface area contributed by atoms with Crippen LogP contribution in [0, 0.1) is 19.3 Å². The Labute approximate surface area is 140 Å². The lowest BCUT2D eigenvalue weighted by atomic mass is 10.0. The molecule has 0 fully saturated rings. The standard InChI is InChI=1S/C16H20N4O4/c1-5-7-9-16(18-19-16)10-8-12(21)20(4)15-17-11(3)13(24-15)14(22)23-6-2/h1H,6-10H2,2-4H3. The second-order valence-corrected chi connectivity index (χ2v) is 5.47. The molecule has 0 saturated carbocycles. The van der Waals surface area contributed by atoms with Gasteiger partial charge in [-0.05, 0) is 13.8 Å². The molecule has 1 aliphatic rings. The Bertz CT molecular complexity index is 695. The van der Waals surface area contributed by atoms with E-state index in [1.165, 1.54) is 11.9 Å². The molecule has 0 atom stereocenters. The molecule has 0 bridgehead atoms. The minimum Gasteiger partial charge on any atom is -0.460 e. The van der Waals surface area contributed by atoms with E-state index in [1.54, 1.807) is 13.8 Å². The number of oxazole rings is 1. The number of amides is 1. The van der Waals surface area contributed by atoms with Crippen LogP contribution in [0.4, 0.5) is 6.01 Å². The van der Waals surface area contributed by atoms with Crippen LogP contribution >= 0.6 is 0 Å². The highest BCUT2D eigenvalue weighted by Gasteiger charge is 2.39. The fraction of sp³-hybridized carbons (Fsp3) is 0.562. The van der Waals surface area contributed by atoms with Crippen molar-refractivity contribution in [3.8, 4) is 12.3 Å². The highest BCUT2D eigenvalue weighted by atomic mass is 16.5. The predicted octanol–water partition coefficient (Wildman–Crippen LogP) is 2.48. The molecule has 2 heterocycles. The Morgan fingerprint density at radius 3 is 2.67 bits per heavy atom. The quantitative estimate of drug-likeness (QED) is 0.538. The van der Waals surface area contributed by atoms with Gasteiger partial charge < -0.3 is 9.15 Å². The Morgan fingerprint density at radius 1 is 1.38 bits per heavy atom. The third-order valence-electron chi connectivity index (χ3n) is 3.70. The molecule has 0 unspecified atom stereocenters. The van der Waals surface area contributed by atoms with Gasteiger partial charge >= 0.3 is 12.0 Å². The zero-order valence-electron chi connectivity index (χ0n) is 14.0. The summed E-state index contributed by atoms with van der Waals surface area (Å²) in [5.41, 5.74) is -0.133. The van der Waals surface area contributed by atoms with Crippen LogP contribution in [0.15, 0.2) is 14.6 Å². The smallest absolute Gasteiger partial charge is 0.376 e. The fourth-order valence-corrected chi connectivity index (χ4v) is 2.16. The summed E-state index contributed by atoms with van der Waals surface area (Å²) in [4.78, 5) is 29.4. The minimum atomic E-state index is -0.599. The van der Waals surface area contributed by atoms with E-state index in [1.807, 2.05) is 0 Å². The van der Waals surface area contributed by atoms with E-state index in [0.29, 0.717) is 25.0 Å². The number of terminal acetylenes is 1. The van der Waals surface area contributed by atoms with E-state index >= 15 is 0 Å². The van der Waals surface area contributed by atoms with Crippen molar-refractivity contribution in [3.05, 3.63) is 11.5 Å². The van der Waals surface area contributed by atoms with Crippen LogP contribution in [-0.2, 0) is 9.53 Å². The molecule has 0 saturated heterocycles. The van der Waals surface area contributed by atoms with Crippen molar-refractivity contribution in [2.75, 3.05) is 18.6 Å². The number of carbonyl (C=O) groups is 2. The van der Waals surface area contributed by atoms with Crippen LogP contribution in [-0.4, -0.2) is 36.2 Å². The molecular formula is C16H20N4O4. The molecule has 1 aliphatic heterocycles. The van der Waals surface area contributed by atoms with Gasteiger partial charge in [-0.1, -0.05) is 0 Å². The van der Waals surface area contributed by atoms with E-state index in [9.17, 15) is 9.59 Å². The maximum atomic E-state index is 12.3. The molecule has 0 aliphatic carbocycles. The number of carbonyl (C=O) groups excluding carboxylic acids is 2. The number of ether oxygens (including phenoxy) is 1. The summed E-state index contributed by atoms with van der Waals surface area (Å²) in [5.74, 6) is 1.75. The number of hydrogen-bond acceptors (Lipinski definition) is 7. The van der Waals surface area contributed by atoms with E-state index in [-0.39, 0.29) is 30.7 Å². The number of hydrogen-bond donors (Lipinski definition) is 0. The van der Waals surface area contributed by atoms with Crippen molar-refractivity contribution in [3.63, 3.8) is 0 Å². The maximum absolute atomic E-state index is 12.3. The first-order chi connectivity index (χ1) is 11.4. The average molecular weight is 332 g/mol. The molecule has 0 spiro atoms. The SMILES string of the molecule is C#CCCC1(CCC(=O)N(C)c2nc(C)c(C(=O)OCC)o2)N=N1. The van der Waals surface area contributed by atoms with Gasteiger partial charge in [0.1, 0.15) is 0 Å². The predicted molar refractivity (Wildman–Crippen MR) is 85.5 cm³/mol. The number of aromatic nitrogens is 1. The van der Waals surface area contributed by atoms with Gasteiger partial charge in [0.05, 0.1) is 12.3 Å². The largest absolute Gasteiger partial charge is 0.460 e. The summed E-state index contributed by atoms with van der Waals surface area (Å²) < 4.78 is 10.3. The zero-order valence-corrected chi connectivity index (χ0v) is 14.0. The van der Waals surface area contributed by atoms with Gasteiger partial charge in [-0.15, -0.1) is 12.3 Å². The highest BCUT2D eigenvalue weighted by molar-refractivity contribution is 5.92. The molecule has 1 amide bonds. The molecule has 1 aromatic rings. The van der Waals surface area contributed by atoms with Crippen molar-refractivity contribution in [2.24, 2.45) is 10.2 Å². The number of nitrogens with zero attached hydrogens (tertiary/aromatic N) is 4. The Hall–Kier alpha value is -2.69. The molecule has 8 nitrogen and oxygen atoms in total. The number of aryl methyl sites for hydroxylation is 1. The minimum absolute atomic E-state index is 0.00387. The van der Waals surface area contributed by atoms with Crippen molar-refractivity contribution < 1.29 is 18.7 Å². The van der Waals surface area contributed by atoms with E-state index in [0.717, 1.165) is 0 Å². The van der Waals surface area contributed by atoms with Gasteiger partial charge in [-0.25, -0.2) is 4.79 Å². The summed E-state index contributed by atoms with van der Waals surface area (Å²) in [7, 11) is 1.54. The van der Waals surface area contributed by atoms with E-state index in [4.69, 9.17) is 15.6 Å². The lowest BCUT2D eigenvalue weighted by Crippen LogP contribution is -2.28. The Kier molecular flexibility index (Phi) is 5.34. The Morgan fingerprint density at radius 2 is 2.08 bits per heavy atom. The average Bonchev–Trinajstić information content (AvgIpc) is 3.23. The van der Waals surface area contributed by atoms with Gasteiger partial charge in [-0.2, -0.15) is 15.2 Å². The Balaban J connectivity index is 1.95. The van der Waals surface area contributed by atoms with Gasteiger partial charge in [0.2, 0.25) is 11.7 Å². The molecule has 8 heteroatoms. The number of esters is 1. The third-order valence-corrected chi connectivity index (χ3v) is 3.70. The van der Waals surface area contributed by atoms with Gasteiger partial charge in [0.15, 0.2) is 5.66 Å². The fourth-order valence-electron chi connectivity index (χ4n) is 2.16. The second-order valence-electron chi connectivity index (χ2n) is 5.47. The topological polar surface area (TPSA) is 97.4 Å². The molecule has 1 aromatic heterocycles. The number of anilines is 1. The second kappa shape index (κ2) is 7.25. The van der Waals surface area contributed by atoms with Crippen LogP contribution in [0.1, 0.15) is 48.9 Å². The summed E-state index contributed by atoms with van der Waals surface area (Å²) in [6.45, 7) is 3.55. The maximum Gasteiger partial charge on any atom is 0.376 e. The van der Waals surface area contributed by atoms with E-state index in [2.05, 4.69) is 21.1 Å². The third kappa shape index (κ3) is 3.98. The molecule has 128 valence electrons. The molecular weight excluding hydrogens is 312 g/mol. The normalized spacial score (nSPS) is 14.1. The first kappa shape index (κ1) is 17.7. The molecule has 0 aromatic carbocycles. The molecule has 0 radical (unpaired) electrons. The summed E-state index contributed by atoms with van der Waals surface area (Å²) >= 11 is 0. The highest BCUT2D eigenvalue weighted by Crippen LogP contribution is 2.37. The van der Waals surface area contributed by atoms with Crippen LogP contribution < -0.4 is 4.90 Å². The summed E-state index contributed by atoms with van der Waals surface area (Å²) in [6, 6.07) is 0.0582. The lowest BCUT2D eigenvalue weighted by Gasteiger charge is -2.14. The first-order valence-corrected chi connectivity index (χ1v) is 7.71. The summed E-state index contributed by atoms with van der Waals surface area (Å²) in [5, 5.41) is 7.99. The van der Waals surface area contributed by atoms with Crippen molar-refractivity contribution in [1.82, 2.24) is 4.98 Å². The van der Waals surface area contributed by atoms with Crippen molar-refractivity contribution in [2.45, 2.75) is 45.2 Å². The van der Waals surface area contributed by atoms with Crippen LogP contribution in [0.2, 0.25) is 0 Å². The van der Waals surface area contributed by atoms with Crippen LogP contribution in [0.25, 0.3) is 0 Å². The first-order valence-electron chi connectivity index (χ1n) is 7.71. The van der Waals surface area contributed by atoms with Gasteiger partial charge in [0.25, 0.3) is 0 Å². The van der Waals surface area contributed by atoms with Crippen LogP contribution in [0.5, 0.6) is 0 Å². The molecule has 24 heavy (non-hydrogen) atoms. The number of rotatable bonds is 8. The van der Waals surface area contributed by atoms with Gasteiger partial charge in [-0.3, -0.25) is 9.69 Å². The molecule has 0 N–H and O–H groups in total.